The number of aromatic nitrogens is 1. The molecule has 0 spiro atoms. The maximum atomic E-state index is 10.4. The van der Waals surface area contributed by atoms with Gasteiger partial charge in [0.25, 0.3) is 5.69 Å². The number of rotatable bonds is 3. The maximum Gasteiger partial charge on any atom is 0.278 e. The molecule has 0 unspecified atom stereocenters. The monoisotopic (exact) mass is 183 g/mol. The lowest BCUT2D eigenvalue weighted by atomic mass is 10.4. The Kier molecular flexibility index (Phi) is 2.63. The van der Waals surface area contributed by atoms with Crippen molar-refractivity contribution in [2.45, 2.75) is 6.92 Å². The van der Waals surface area contributed by atoms with Crippen LogP contribution in [-0.2, 0) is 0 Å². The fourth-order valence-electron chi connectivity index (χ4n) is 0.839. The molecule has 0 radical (unpaired) electrons. The minimum Gasteiger partial charge on any atom is -0.478 e. The molecule has 0 aromatic carbocycles. The van der Waals surface area contributed by atoms with Gasteiger partial charge in [-0.15, -0.1) is 0 Å². The molecule has 1 aromatic heterocycles. The van der Waals surface area contributed by atoms with Gasteiger partial charge in [0.2, 0.25) is 5.88 Å². The van der Waals surface area contributed by atoms with Crippen molar-refractivity contribution in [2.75, 3.05) is 12.3 Å². The molecule has 1 heterocycles. The van der Waals surface area contributed by atoms with Crippen LogP contribution >= 0.6 is 0 Å². The maximum absolute atomic E-state index is 10.4. The van der Waals surface area contributed by atoms with E-state index in [0.717, 1.165) is 0 Å². The molecule has 0 amide bonds. The van der Waals surface area contributed by atoms with Crippen molar-refractivity contribution >= 4 is 11.5 Å². The number of nitro groups is 1. The van der Waals surface area contributed by atoms with Crippen LogP contribution in [0.5, 0.6) is 5.88 Å². The summed E-state index contributed by atoms with van der Waals surface area (Å²) in [5.74, 6) is 0.256. The molecule has 0 aliphatic rings. The SMILES string of the molecule is CCOc1cc([N+](=O)[O-])cc(N)n1. The third-order valence-electron chi connectivity index (χ3n) is 1.31. The van der Waals surface area contributed by atoms with Crippen LogP contribution in [0.1, 0.15) is 6.92 Å². The van der Waals surface area contributed by atoms with E-state index < -0.39 is 4.92 Å². The summed E-state index contributed by atoms with van der Waals surface area (Å²) in [7, 11) is 0. The van der Waals surface area contributed by atoms with Crippen LogP contribution in [0.4, 0.5) is 11.5 Å². The van der Waals surface area contributed by atoms with Crippen molar-refractivity contribution in [3.05, 3.63) is 22.2 Å². The smallest absolute Gasteiger partial charge is 0.278 e. The molecule has 1 aromatic rings. The van der Waals surface area contributed by atoms with Gasteiger partial charge in [0.1, 0.15) is 5.82 Å². The molecule has 70 valence electrons. The summed E-state index contributed by atoms with van der Waals surface area (Å²) in [4.78, 5) is 13.6. The third kappa shape index (κ3) is 2.29. The first kappa shape index (κ1) is 9.24. The van der Waals surface area contributed by atoms with E-state index in [1.807, 2.05) is 0 Å². The fraction of sp³-hybridized carbons (Fsp3) is 0.286. The zero-order valence-electron chi connectivity index (χ0n) is 7.06. The summed E-state index contributed by atoms with van der Waals surface area (Å²) in [5, 5.41) is 10.4. The zero-order chi connectivity index (χ0) is 9.84. The van der Waals surface area contributed by atoms with E-state index in [4.69, 9.17) is 10.5 Å². The van der Waals surface area contributed by atoms with Gasteiger partial charge in [0.05, 0.1) is 23.7 Å². The molecule has 6 heteroatoms. The van der Waals surface area contributed by atoms with Crippen molar-refractivity contribution in [3.63, 3.8) is 0 Å². The minimum atomic E-state index is -0.541. The molecular formula is C7H9N3O3. The molecule has 2 N–H and O–H groups in total. The van der Waals surface area contributed by atoms with Gasteiger partial charge >= 0.3 is 0 Å². The quantitative estimate of drug-likeness (QED) is 0.556. The third-order valence-corrected chi connectivity index (χ3v) is 1.31. The van der Waals surface area contributed by atoms with Gasteiger partial charge in [-0.3, -0.25) is 10.1 Å². The largest absolute Gasteiger partial charge is 0.478 e. The van der Waals surface area contributed by atoms with Crippen LogP contribution in [0.3, 0.4) is 0 Å². The molecule has 0 saturated heterocycles. The van der Waals surface area contributed by atoms with Gasteiger partial charge in [-0.2, -0.15) is 4.98 Å². The van der Waals surface area contributed by atoms with E-state index in [-0.39, 0.29) is 17.4 Å². The Morgan fingerprint density at radius 1 is 1.69 bits per heavy atom. The summed E-state index contributed by atoms with van der Waals surface area (Å²) in [6.45, 7) is 2.16. The predicted octanol–water partition coefficient (Wildman–Crippen LogP) is 0.971. The number of nitrogens with zero attached hydrogens (tertiary/aromatic N) is 2. The number of ether oxygens (including phenoxy) is 1. The first-order valence-electron chi connectivity index (χ1n) is 3.68. The van der Waals surface area contributed by atoms with Gasteiger partial charge in [-0.1, -0.05) is 0 Å². The molecule has 6 nitrogen and oxygen atoms in total. The Morgan fingerprint density at radius 2 is 2.38 bits per heavy atom. The summed E-state index contributed by atoms with van der Waals surface area (Å²) in [5.41, 5.74) is 5.22. The molecule has 1 rings (SSSR count). The highest BCUT2D eigenvalue weighted by molar-refractivity contribution is 5.45. The van der Waals surface area contributed by atoms with Gasteiger partial charge in [0.15, 0.2) is 0 Å². The van der Waals surface area contributed by atoms with E-state index in [1.165, 1.54) is 12.1 Å². The summed E-state index contributed by atoms with van der Waals surface area (Å²) in [6.07, 6.45) is 0. The molecule has 0 aliphatic heterocycles. The van der Waals surface area contributed by atoms with Gasteiger partial charge < -0.3 is 10.5 Å². The highest BCUT2D eigenvalue weighted by atomic mass is 16.6. The van der Waals surface area contributed by atoms with Crippen LogP contribution in [0, 0.1) is 10.1 Å². The Morgan fingerprint density at radius 3 is 2.92 bits per heavy atom. The Balaban J connectivity index is 3.03. The second kappa shape index (κ2) is 3.70. The van der Waals surface area contributed by atoms with Crippen LogP contribution < -0.4 is 10.5 Å². The molecule has 13 heavy (non-hydrogen) atoms. The van der Waals surface area contributed by atoms with Crippen molar-refractivity contribution in [2.24, 2.45) is 0 Å². The molecule has 0 aliphatic carbocycles. The topological polar surface area (TPSA) is 91.3 Å². The lowest BCUT2D eigenvalue weighted by Gasteiger charge is -2.01. The normalized spacial score (nSPS) is 9.62. The molecule has 0 fully saturated rings. The highest BCUT2D eigenvalue weighted by Crippen LogP contribution is 2.19. The Bertz CT molecular complexity index is 327. The lowest BCUT2D eigenvalue weighted by molar-refractivity contribution is -0.384. The van der Waals surface area contributed by atoms with Gasteiger partial charge in [-0.25, -0.2) is 0 Å². The number of nitrogens with two attached hydrogens (primary N) is 1. The Hall–Kier alpha value is -1.85. The highest BCUT2D eigenvalue weighted by Gasteiger charge is 2.09. The summed E-state index contributed by atoms with van der Waals surface area (Å²) in [6, 6.07) is 2.42. The average molecular weight is 183 g/mol. The van der Waals surface area contributed by atoms with E-state index in [0.29, 0.717) is 6.61 Å². The van der Waals surface area contributed by atoms with Crippen LogP contribution in [-0.4, -0.2) is 16.5 Å². The van der Waals surface area contributed by atoms with Crippen LogP contribution in [0.25, 0.3) is 0 Å². The average Bonchev–Trinajstić information content (AvgIpc) is 2.03. The first-order chi connectivity index (χ1) is 6.13. The van der Waals surface area contributed by atoms with E-state index >= 15 is 0 Å². The Labute approximate surface area is 74.5 Å². The van der Waals surface area contributed by atoms with E-state index in [1.54, 1.807) is 6.92 Å². The van der Waals surface area contributed by atoms with Crippen LogP contribution in [0.2, 0.25) is 0 Å². The standard InChI is InChI=1S/C7H9N3O3/c1-2-13-7-4-5(10(11)12)3-6(8)9-7/h3-4H,2H2,1H3,(H2,8,9). The van der Waals surface area contributed by atoms with E-state index in [9.17, 15) is 10.1 Å². The second-order valence-electron chi connectivity index (χ2n) is 2.28. The number of hydrogen-bond acceptors (Lipinski definition) is 5. The number of hydrogen-bond donors (Lipinski definition) is 1. The van der Waals surface area contributed by atoms with Crippen LogP contribution in [0.15, 0.2) is 12.1 Å². The van der Waals surface area contributed by atoms with Gasteiger partial charge in [-0.05, 0) is 6.92 Å². The lowest BCUT2D eigenvalue weighted by Crippen LogP contribution is -1.99. The molecular weight excluding hydrogens is 174 g/mol. The van der Waals surface area contributed by atoms with E-state index in [2.05, 4.69) is 4.98 Å². The zero-order valence-corrected chi connectivity index (χ0v) is 7.06. The minimum absolute atomic E-state index is 0.0812. The van der Waals surface area contributed by atoms with Crippen molar-refractivity contribution < 1.29 is 9.66 Å². The fourth-order valence-corrected chi connectivity index (χ4v) is 0.839. The molecule has 0 bridgehead atoms. The van der Waals surface area contributed by atoms with Crippen molar-refractivity contribution in [1.29, 1.82) is 0 Å². The summed E-state index contributed by atoms with van der Waals surface area (Å²) >= 11 is 0. The van der Waals surface area contributed by atoms with Crippen molar-refractivity contribution in [3.8, 4) is 5.88 Å². The predicted molar refractivity (Wildman–Crippen MR) is 46.5 cm³/mol. The number of pyridine rings is 1. The first-order valence-corrected chi connectivity index (χ1v) is 3.68. The molecule has 0 atom stereocenters. The molecule has 0 saturated carbocycles. The van der Waals surface area contributed by atoms with Gasteiger partial charge in [0, 0.05) is 0 Å². The second-order valence-corrected chi connectivity index (χ2v) is 2.28. The van der Waals surface area contributed by atoms with Crippen molar-refractivity contribution in [1.82, 2.24) is 4.98 Å². The number of nitrogen functional groups attached to an aromatic ring is 1. The number of anilines is 1. The summed E-state index contributed by atoms with van der Waals surface area (Å²) < 4.78 is 4.98.